The number of amides is 1. The van der Waals surface area contributed by atoms with E-state index in [4.69, 9.17) is 32.1 Å². The first-order valence-corrected chi connectivity index (χ1v) is 12.9. The van der Waals surface area contributed by atoms with Gasteiger partial charge in [-0.1, -0.05) is 54.7 Å². The highest BCUT2D eigenvalue weighted by atomic mass is 35.5. The van der Waals surface area contributed by atoms with Crippen LogP contribution >= 0.6 is 35.0 Å². The van der Waals surface area contributed by atoms with Crippen LogP contribution in [0.25, 0.3) is 0 Å². The van der Waals surface area contributed by atoms with Gasteiger partial charge in [-0.25, -0.2) is 0 Å². The number of halogens is 2. The van der Waals surface area contributed by atoms with Crippen LogP contribution < -0.4 is 14.2 Å². The fourth-order valence-electron chi connectivity index (χ4n) is 2.81. The van der Waals surface area contributed by atoms with E-state index < -0.39 is 10.1 Å². The summed E-state index contributed by atoms with van der Waals surface area (Å²) in [6.07, 6.45) is 4.24. The van der Waals surface area contributed by atoms with E-state index in [-0.39, 0.29) is 37.6 Å². The molecule has 0 spiro atoms. The average molecular weight is 530 g/mol. The number of nitrogens with one attached hydrogen (secondary N) is 1. The van der Waals surface area contributed by atoms with Crippen LogP contribution in [-0.2, 0) is 14.9 Å². The lowest BCUT2D eigenvalue weighted by Gasteiger charge is -2.11. The number of hydrogen-bond acceptors (Lipinski definition) is 8. The van der Waals surface area contributed by atoms with Crippen LogP contribution in [0.15, 0.2) is 51.5 Å². The summed E-state index contributed by atoms with van der Waals surface area (Å²) < 4.78 is 35.7. The topological polar surface area (TPSA) is 106 Å². The Morgan fingerprint density at radius 3 is 2.64 bits per heavy atom. The molecule has 1 fully saturated rings. The first kappa shape index (κ1) is 25.4. The maximum atomic E-state index is 12.6. The van der Waals surface area contributed by atoms with E-state index in [0.717, 1.165) is 19.3 Å². The summed E-state index contributed by atoms with van der Waals surface area (Å²) in [7, 11) is -2.78. The normalized spacial score (nSPS) is 17.5. The Balaban J connectivity index is 1.72. The predicted octanol–water partition coefficient (Wildman–Crippen LogP) is 4.88. The van der Waals surface area contributed by atoms with Crippen LogP contribution in [-0.4, -0.2) is 38.1 Å². The Hall–Kier alpha value is -2.27. The molecule has 1 aliphatic rings. The summed E-state index contributed by atoms with van der Waals surface area (Å²) in [5.41, 5.74) is 0.590. The van der Waals surface area contributed by atoms with Gasteiger partial charge in [0.05, 0.1) is 28.6 Å². The minimum absolute atomic E-state index is 0.00980. The zero-order valence-corrected chi connectivity index (χ0v) is 20.9. The summed E-state index contributed by atoms with van der Waals surface area (Å²) >= 11 is 13.1. The molecule has 1 atom stereocenters. The van der Waals surface area contributed by atoms with Crippen molar-refractivity contribution in [2.45, 2.75) is 36.3 Å². The van der Waals surface area contributed by atoms with E-state index >= 15 is 0 Å². The maximum Gasteiger partial charge on any atom is 0.339 e. The Labute approximate surface area is 206 Å². The zero-order valence-electron chi connectivity index (χ0n) is 17.7. The van der Waals surface area contributed by atoms with Crippen LogP contribution in [0, 0.1) is 0 Å². The Morgan fingerprint density at radius 2 is 1.94 bits per heavy atom. The molecule has 3 rings (SSSR count). The third-order valence-corrected chi connectivity index (χ3v) is 7.63. The first-order chi connectivity index (χ1) is 15.7. The van der Waals surface area contributed by atoms with Gasteiger partial charge in [-0.3, -0.25) is 4.79 Å². The van der Waals surface area contributed by atoms with Gasteiger partial charge in [0.2, 0.25) is 5.91 Å². The van der Waals surface area contributed by atoms with Gasteiger partial charge in [-0.15, -0.1) is 5.10 Å². The molecular formula is C21H21Cl2N3O5S2. The number of hydrogen-bond donors (Lipinski definition) is 1. The van der Waals surface area contributed by atoms with Crippen LogP contribution in [0.4, 0.5) is 0 Å². The lowest BCUT2D eigenvalue weighted by Crippen LogP contribution is -2.24. The number of ether oxygens (including phenoxy) is 1. The number of unbranched alkanes of at least 4 members (excludes halogenated alkanes) is 1. The minimum atomic E-state index is -4.16. The summed E-state index contributed by atoms with van der Waals surface area (Å²) in [4.78, 5) is 11.8. The highest BCUT2D eigenvalue weighted by Crippen LogP contribution is 2.32. The zero-order chi connectivity index (χ0) is 24.0. The summed E-state index contributed by atoms with van der Waals surface area (Å²) in [6.45, 7) is 2.07. The molecular weight excluding hydrogens is 509 g/mol. The summed E-state index contributed by atoms with van der Waals surface area (Å²) in [5.74, 6) is 0.108. The summed E-state index contributed by atoms with van der Waals surface area (Å²) in [6, 6.07) is 8.45. The number of thioether (sulfide) groups is 1. The largest absolute Gasteiger partial charge is 0.493 e. The third kappa shape index (κ3) is 6.63. The molecule has 1 heterocycles. The van der Waals surface area contributed by atoms with Crippen molar-refractivity contribution in [2.24, 2.45) is 10.2 Å². The van der Waals surface area contributed by atoms with E-state index in [1.807, 2.05) is 0 Å². The molecule has 1 amide bonds. The van der Waals surface area contributed by atoms with Crippen LogP contribution in [0.5, 0.6) is 11.5 Å². The van der Waals surface area contributed by atoms with Crippen molar-refractivity contribution in [3.8, 4) is 11.5 Å². The van der Waals surface area contributed by atoms with Crippen LogP contribution in [0.1, 0.15) is 31.7 Å². The van der Waals surface area contributed by atoms with E-state index in [1.54, 1.807) is 12.1 Å². The quantitative estimate of drug-likeness (QED) is 0.281. The number of carbonyl (C=O) groups is 1. The monoisotopic (exact) mass is 529 g/mol. The molecule has 2 aromatic carbocycles. The molecule has 12 heteroatoms. The second-order valence-corrected chi connectivity index (χ2v) is 10.5. The van der Waals surface area contributed by atoms with E-state index in [0.29, 0.717) is 10.7 Å². The van der Waals surface area contributed by atoms with Gasteiger partial charge in [0.1, 0.15) is 4.90 Å². The second kappa shape index (κ2) is 11.2. The molecule has 1 aliphatic heterocycles. The number of nitrogens with zero attached hydrogens (tertiary/aromatic N) is 2. The molecule has 8 nitrogen and oxygen atoms in total. The van der Waals surface area contributed by atoms with Crippen LogP contribution in [0.3, 0.4) is 0 Å². The second-order valence-electron chi connectivity index (χ2n) is 6.91. The Kier molecular flexibility index (Phi) is 8.63. The van der Waals surface area contributed by atoms with Gasteiger partial charge in [0.15, 0.2) is 16.7 Å². The van der Waals surface area contributed by atoms with Gasteiger partial charge < -0.3 is 14.2 Å². The highest BCUT2D eigenvalue weighted by Gasteiger charge is 2.29. The summed E-state index contributed by atoms with van der Waals surface area (Å²) in [5, 5.41) is 11.4. The number of rotatable bonds is 9. The van der Waals surface area contributed by atoms with Crippen molar-refractivity contribution in [1.82, 2.24) is 5.32 Å². The molecule has 1 saturated heterocycles. The van der Waals surface area contributed by atoms with Gasteiger partial charge in [0.25, 0.3) is 0 Å². The Morgan fingerprint density at radius 1 is 1.15 bits per heavy atom. The Bertz CT molecular complexity index is 1200. The van der Waals surface area contributed by atoms with Gasteiger partial charge in [-0.2, -0.15) is 13.5 Å². The molecule has 176 valence electrons. The van der Waals surface area contributed by atoms with E-state index in [1.165, 1.54) is 49.4 Å². The molecule has 0 aliphatic carbocycles. The van der Waals surface area contributed by atoms with Gasteiger partial charge >= 0.3 is 10.1 Å². The smallest absolute Gasteiger partial charge is 0.339 e. The number of benzene rings is 2. The average Bonchev–Trinajstić information content (AvgIpc) is 3.13. The van der Waals surface area contributed by atoms with Crippen molar-refractivity contribution in [3.05, 3.63) is 52.0 Å². The number of methoxy groups -OCH3 is 1. The molecule has 0 aromatic heterocycles. The molecule has 0 bridgehead atoms. The number of amidine groups is 1. The predicted molar refractivity (Wildman–Crippen MR) is 131 cm³/mol. The van der Waals surface area contributed by atoms with E-state index in [2.05, 4.69) is 22.4 Å². The molecule has 1 unspecified atom stereocenters. The SMILES string of the molecule is CCCCC1S/C(=N/N=C/c2ccc(OS(=O)(=O)c3ccc(Cl)c(Cl)c3)c(OC)c2)NC1=O. The van der Waals surface area contributed by atoms with Crippen LogP contribution in [0.2, 0.25) is 10.0 Å². The fraction of sp³-hybridized carbons (Fsp3) is 0.286. The highest BCUT2D eigenvalue weighted by molar-refractivity contribution is 8.15. The third-order valence-electron chi connectivity index (χ3n) is 4.52. The molecule has 2 aromatic rings. The molecule has 33 heavy (non-hydrogen) atoms. The first-order valence-electron chi connectivity index (χ1n) is 9.89. The van der Waals surface area contributed by atoms with Crippen molar-refractivity contribution in [3.63, 3.8) is 0 Å². The standard InChI is InChI=1S/C21H21Cl2N3O5S2/c1-3-4-5-19-20(27)25-21(32-19)26-24-12-13-6-9-17(18(10-13)30-2)31-33(28,29)14-7-8-15(22)16(23)11-14/h6-12,19H,3-5H2,1-2H3,(H,25,26,27)/b24-12+. The van der Waals surface area contributed by atoms with Crippen molar-refractivity contribution in [1.29, 1.82) is 0 Å². The minimum Gasteiger partial charge on any atom is -0.493 e. The van der Waals surface area contributed by atoms with Gasteiger partial charge in [0, 0.05) is 0 Å². The lowest BCUT2D eigenvalue weighted by atomic mass is 10.2. The lowest BCUT2D eigenvalue weighted by molar-refractivity contribution is -0.118. The van der Waals surface area contributed by atoms with Gasteiger partial charge in [-0.05, 0) is 48.4 Å². The van der Waals surface area contributed by atoms with Crippen molar-refractivity contribution < 1.29 is 22.1 Å². The van der Waals surface area contributed by atoms with E-state index in [9.17, 15) is 13.2 Å². The van der Waals surface area contributed by atoms with Crippen molar-refractivity contribution in [2.75, 3.05) is 7.11 Å². The van der Waals surface area contributed by atoms with Crippen molar-refractivity contribution >= 4 is 62.4 Å². The maximum absolute atomic E-state index is 12.6. The molecule has 0 radical (unpaired) electrons. The molecule has 1 N–H and O–H groups in total. The fourth-order valence-corrected chi connectivity index (χ4v) is 5.12. The molecule has 0 saturated carbocycles. The number of carbonyl (C=O) groups excluding carboxylic acids is 1.